The van der Waals surface area contributed by atoms with Crippen LogP contribution < -0.4 is 15.4 Å². The first kappa shape index (κ1) is 33.5. The monoisotopic (exact) mass is 651 g/mol. The summed E-state index contributed by atoms with van der Waals surface area (Å²) in [6, 6.07) is 8.84. The van der Waals surface area contributed by atoms with Crippen molar-refractivity contribution in [2.75, 3.05) is 45.9 Å². The van der Waals surface area contributed by atoms with E-state index in [9.17, 15) is 33.9 Å². The van der Waals surface area contributed by atoms with Crippen LogP contribution in [0.2, 0.25) is 0 Å². The van der Waals surface area contributed by atoms with Crippen LogP contribution >= 0.6 is 0 Å². The van der Waals surface area contributed by atoms with Gasteiger partial charge in [0.2, 0.25) is 11.8 Å². The van der Waals surface area contributed by atoms with Crippen LogP contribution in [-0.4, -0.2) is 120 Å². The normalized spacial score (nSPS) is 18.4. The van der Waals surface area contributed by atoms with Gasteiger partial charge in [0, 0.05) is 56.1 Å². The van der Waals surface area contributed by atoms with Gasteiger partial charge in [0.05, 0.1) is 6.61 Å². The lowest BCUT2D eigenvalue weighted by atomic mass is 10.0. The number of fused-ring (bicyclic) bond motifs is 1. The highest BCUT2D eigenvalue weighted by molar-refractivity contribution is 6.02. The number of carboxylic acids is 1. The molecule has 252 valence electrons. The first-order valence-electron chi connectivity index (χ1n) is 16.1. The van der Waals surface area contributed by atoms with Crippen LogP contribution in [0.4, 0.5) is 4.79 Å². The standard InChI is InChI=1S/C33H41N5O9/c1-2-46-33(45)37-16-14-36(15-17-37)32(44)25(11-12-29(40)41)35-30(42)22-18-21-6-3-4-7-24(21)27(19-22)47-20-28(39)38-13-5-8-26(38)31(43)34-23-9-10-23/h3-4,6-7,18-19,23,25-26H,2,5,8-17,20H2,1H3,(H,34,43)(H,35,42)(H,40,41). The molecule has 2 aromatic rings. The zero-order chi connectivity index (χ0) is 33.5. The van der Waals surface area contributed by atoms with E-state index in [0.29, 0.717) is 23.7 Å². The molecule has 1 saturated carbocycles. The Labute approximate surface area is 272 Å². The third kappa shape index (κ3) is 8.48. The van der Waals surface area contributed by atoms with Gasteiger partial charge in [0.1, 0.15) is 17.8 Å². The summed E-state index contributed by atoms with van der Waals surface area (Å²) in [7, 11) is 0. The fraction of sp³-hybridized carbons (Fsp3) is 0.515. The molecule has 5 rings (SSSR count). The quantitative estimate of drug-likeness (QED) is 0.309. The summed E-state index contributed by atoms with van der Waals surface area (Å²) in [6.07, 6.45) is 2.27. The van der Waals surface area contributed by atoms with Gasteiger partial charge in [-0.15, -0.1) is 0 Å². The number of rotatable bonds is 12. The smallest absolute Gasteiger partial charge is 0.409 e. The van der Waals surface area contributed by atoms with Gasteiger partial charge in [-0.3, -0.25) is 24.0 Å². The number of carboxylic acid groups (broad SMARTS) is 1. The summed E-state index contributed by atoms with van der Waals surface area (Å²) < 4.78 is 11.0. The Morgan fingerprint density at radius 1 is 0.957 bits per heavy atom. The number of amides is 5. The first-order valence-corrected chi connectivity index (χ1v) is 16.1. The minimum absolute atomic E-state index is 0.130. The van der Waals surface area contributed by atoms with Crippen LogP contribution in [0.3, 0.4) is 0 Å². The summed E-state index contributed by atoms with van der Waals surface area (Å²) in [5.74, 6) is -2.37. The van der Waals surface area contributed by atoms with E-state index in [4.69, 9.17) is 9.47 Å². The Bertz CT molecular complexity index is 1520. The van der Waals surface area contributed by atoms with Crippen molar-refractivity contribution in [2.24, 2.45) is 0 Å². The molecule has 2 heterocycles. The third-order valence-electron chi connectivity index (χ3n) is 8.60. The van der Waals surface area contributed by atoms with Gasteiger partial charge in [-0.05, 0) is 56.5 Å². The minimum atomic E-state index is -1.13. The topological polar surface area (TPSA) is 175 Å². The van der Waals surface area contributed by atoms with Crippen molar-refractivity contribution in [1.82, 2.24) is 25.3 Å². The molecular weight excluding hydrogens is 610 g/mol. The van der Waals surface area contributed by atoms with Crippen molar-refractivity contribution in [3.8, 4) is 5.75 Å². The van der Waals surface area contributed by atoms with E-state index in [-0.39, 0.29) is 81.4 Å². The Balaban J connectivity index is 1.28. The second kappa shape index (κ2) is 15.1. The fourth-order valence-electron chi connectivity index (χ4n) is 5.92. The zero-order valence-electron chi connectivity index (χ0n) is 26.4. The SMILES string of the molecule is CCOC(=O)N1CCN(C(=O)C(CCC(=O)O)NC(=O)c2cc(OCC(=O)N3CCCC3C(=O)NC3CC3)c3ccccc3c2)CC1. The van der Waals surface area contributed by atoms with Crippen LogP contribution in [0.25, 0.3) is 10.8 Å². The van der Waals surface area contributed by atoms with E-state index >= 15 is 0 Å². The summed E-state index contributed by atoms with van der Waals surface area (Å²) in [5, 5.41) is 16.3. The number of carbonyl (C=O) groups excluding carboxylic acids is 5. The van der Waals surface area contributed by atoms with E-state index in [0.717, 1.165) is 19.3 Å². The number of piperazine rings is 1. The van der Waals surface area contributed by atoms with Gasteiger partial charge >= 0.3 is 12.1 Å². The predicted octanol–water partition coefficient (Wildman–Crippen LogP) is 1.75. The van der Waals surface area contributed by atoms with Gasteiger partial charge in [-0.2, -0.15) is 0 Å². The van der Waals surface area contributed by atoms with E-state index < -0.39 is 36.0 Å². The molecular formula is C33H41N5O9. The lowest BCUT2D eigenvalue weighted by Crippen LogP contribution is -2.56. The van der Waals surface area contributed by atoms with Crippen molar-refractivity contribution in [1.29, 1.82) is 0 Å². The van der Waals surface area contributed by atoms with Crippen molar-refractivity contribution in [2.45, 2.75) is 63.6 Å². The summed E-state index contributed by atoms with van der Waals surface area (Å²) in [4.78, 5) is 81.0. The molecule has 1 aliphatic carbocycles. The van der Waals surface area contributed by atoms with Crippen molar-refractivity contribution < 1.29 is 43.3 Å². The number of benzene rings is 2. The van der Waals surface area contributed by atoms with Gasteiger partial charge in [0.25, 0.3) is 11.8 Å². The Morgan fingerprint density at radius 3 is 2.38 bits per heavy atom. The maximum atomic E-state index is 13.6. The van der Waals surface area contributed by atoms with Crippen LogP contribution in [0.5, 0.6) is 5.75 Å². The second-order valence-electron chi connectivity index (χ2n) is 12.0. The minimum Gasteiger partial charge on any atom is -0.483 e. The molecule has 0 radical (unpaired) electrons. The third-order valence-corrected chi connectivity index (χ3v) is 8.60. The molecule has 2 unspecified atom stereocenters. The molecule has 3 fully saturated rings. The van der Waals surface area contributed by atoms with Gasteiger partial charge in [-0.25, -0.2) is 4.79 Å². The highest BCUT2D eigenvalue weighted by Gasteiger charge is 2.37. The van der Waals surface area contributed by atoms with E-state index in [2.05, 4.69) is 10.6 Å². The molecule has 2 saturated heterocycles. The van der Waals surface area contributed by atoms with E-state index in [1.807, 2.05) is 0 Å². The molecule has 0 spiro atoms. The lowest BCUT2D eigenvalue weighted by molar-refractivity contribution is -0.140. The average molecular weight is 652 g/mol. The highest BCUT2D eigenvalue weighted by atomic mass is 16.6. The molecule has 14 nitrogen and oxygen atoms in total. The predicted molar refractivity (Wildman–Crippen MR) is 169 cm³/mol. The Morgan fingerprint density at radius 2 is 1.68 bits per heavy atom. The number of nitrogens with one attached hydrogen (secondary N) is 2. The molecule has 5 amide bonds. The maximum Gasteiger partial charge on any atom is 0.409 e. The van der Waals surface area contributed by atoms with Crippen molar-refractivity contribution in [3.63, 3.8) is 0 Å². The molecule has 0 aromatic heterocycles. The second-order valence-corrected chi connectivity index (χ2v) is 12.0. The summed E-state index contributed by atoms with van der Waals surface area (Å²) >= 11 is 0. The highest BCUT2D eigenvalue weighted by Crippen LogP contribution is 2.29. The number of hydrogen-bond donors (Lipinski definition) is 3. The molecule has 2 aliphatic heterocycles. The number of ether oxygens (including phenoxy) is 2. The van der Waals surface area contributed by atoms with Crippen LogP contribution in [0, 0.1) is 0 Å². The molecule has 3 aliphatic rings. The first-order chi connectivity index (χ1) is 22.6. The van der Waals surface area contributed by atoms with Crippen LogP contribution in [0.15, 0.2) is 36.4 Å². The fourth-order valence-corrected chi connectivity index (χ4v) is 5.92. The van der Waals surface area contributed by atoms with Gasteiger partial charge in [0.15, 0.2) is 6.61 Å². The van der Waals surface area contributed by atoms with E-state index in [1.165, 1.54) is 15.9 Å². The molecule has 2 aromatic carbocycles. The average Bonchev–Trinajstić information content (AvgIpc) is 3.74. The molecule has 47 heavy (non-hydrogen) atoms. The van der Waals surface area contributed by atoms with Crippen molar-refractivity contribution >= 4 is 46.5 Å². The van der Waals surface area contributed by atoms with Crippen LogP contribution in [0.1, 0.15) is 55.8 Å². The Hall–Kier alpha value is -4.88. The summed E-state index contributed by atoms with van der Waals surface area (Å²) in [5.41, 5.74) is 0.161. The summed E-state index contributed by atoms with van der Waals surface area (Å²) in [6.45, 7) is 2.97. The largest absolute Gasteiger partial charge is 0.483 e. The Kier molecular flexibility index (Phi) is 10.8. The number of nitrogens with zero attached hydrogens (tertiary/aromatic N) is 3. The zero-order valence-corrected chi connectivity index (χ0v) is 26.4. The number of aliphatic carboxylic acids is 1. The lowest BCUT2D eigenvalue weighted by Gasteiger charge is -2.36. The van der Waals surface area contributed by atoms with Gasteiger partial charge in [-0.1, -0.05) is 24.3 Å². The number of likely N-dealkylation sites (tertiary alicyclic amines) is 1. The number of carbonyl (C=O) groups is 6. The molecule has 2 atom stereocenters. The number of hydrogen-bond acceptors (Lipinski definition) is 8. The van der Waals surface area contributed by atoms with Gasteiger partial charge < -0.3 is 39.9 Å². The molecule has 0 bridgehead atoms. The van der Waals surface area contributed by atoms with Crippen molar-refractivity contribution in [3.05, 3.63) is 42.0 Å². The maximum absolute atomic E-state index is 13.6. The molecule has 14 heteroatoms. The molecule has 3 N–H and O–H groups in total. The van der Waals surface area contributed by atoms with Crippen LogP contribution in [-0.2, 0) is 23.9 Å². The van der Waals surface area contributed by atoms with E-state index in [1.54, 1.807) is 42.2 Å².